The Morgan fingerprint density at radius 1 is 1.80 bits per heavy atom. The summed E-state index contributed by atoms with van der Waals surface area (Å²) in [5, 5.41) is 8.37. The van der Waals surface area contributed by atoms with Crippen molar-refractivity contribution in [3.63, 3.8) is 0 Å². The minimum absolute atomic E-state index is 0.339. The van der Waals surface area contributed by atoms with Crippen LogP contribution in [0.15, 0.2) is 23.8 Å². The lowest BCUT2D eigenvalue weighted by Gasteiger charge is -1.99. The van der Waals surface area contributed by atoms with Crippen molar-refractivity contribution in [1.82, 2.24) is 0 Å². The van der Waals surface area contributed by atoms with E-state index in [2.05, 4.69) is 12.2 Å². The van der Waals surface area contributed by atoms with E-state index in [4.69, 9.17) is 11.0 Å². The molecule has 0 aromatic rings. The quantitative estimate of drug-likeness (QED) is 0.615. The van der Waals surface area contributed by atoms with Crippen LogP contribution in [0.3, 0.4) is 0 Å². The smallest absolute Gasteiger partial charge is 0.0968 e. The van der Waals surface area contributed by atoms with Crippen molar-refractivity contribution < 1.29 is 0 Å². The normalized spacial score (nSPS) is 18.2. The third-order valence-corrected chi connectivity index (χ3v) is 1.47. The maximum atomic E-state index is 8.37. The van der Waals surface area contributed by atoms with Gasteiger partial charge in [0.25, 0.3) is 0 Å². The molecule has 0 heterocycles. The summed E-state index contributed by atoms with van der Waals surface area (Å²) >= 11 is 0. The van der Waals surface area contributed by atoms with Gasteiger partial charge in [-0.05, 0) is 12.0 Å². The van der Waals surface area contributed by atoms with Crippen molar-refractivity contribution >= 4 is 0 Å². The lowest BCUT2D eigenvalue weighted by atomic mass is 10.1. The first-order valence-electron chi connectivity index (χ1n) is 3.33. The van der Waals surface area contributed by atoms with Gasteiger partial charge < -0.3 is 5.73 Å². The number of nitrogens with two attached hydrogens (primary N) is 1. The van der Waals surface area contributed by atoms with Crippen LogP contribution in [0.4, 0.5) is 0 Å². The topological polar surface area (TPSA) is 49.8 Å². The average molecular weight is 134 g/mol. The van der Waals surface area contributed by atoms with Crippen LogP contribution in [0, 0.1) is 11.3 Å². The van der Waals surface area contributed by atoms with Crippen LogP contribution in [-0.2, 0) is 0 Å². The van der Waals surface area contributed by atoms with Crippen molar-refractivity contribution in [2.45, 2.75) is 18.9 Å². The van der Waals surface area contributed by atoms with Crippen LogP contribution in [0.1, 0.15) is 12.8 Å². The molecule has 0 aromatic carbocycles. The summed E-state index contributed by atoms with van der Waals surface area (Å²) in [4.78, 5) is 0. The molecule has 2 N–H and O–H groups in total. The second-order valence-corrected chi connectivity index (χ2v) is 2.36. The zero-order valence-corrected chi connectivity index (χ0v) is 5.75. The molecule has 0 saturated carbocycles. The van der Waals surface area contributed by atoms with E-state index in [1.54, 1.807) is 0 Å². The molecule has 0 aliphatic heterocycles. The van der Waals surface area contributed by atoms with Gasteiger partial charge in [0.05, 0.1) is 12.1 Å². The molecule has 0 radical (unpaired) electrons. The third-order valence-electron chi connectivity index (χ3n) is 1.47. The van der Waals surface area contributed by atoms with Gasteiger partial charge in [0, 0.05) is 6.42 Å². The van der Waals surface area contributed by atoms with Crippen LogP contribution in [0.2, 0.25) is 0 Å². The molecule has 1 atom stereocenters. The number of hydrogen-bond acceptors (Lipinski definition) is 2. The van der Waals surface area contributed by atoms with Gasteiger partial charge in [-0.25, -0.2) is 0 Å². The maximum Gasteiger partial charge on any atom is 0.0968 e. The third kappa shape index (κ3) is 1.71. The highest BCUT2D eigenvalue weighted by atomic mass is 14.6. The Balaban J connectivity index is 2.40. The highest BCUT2D eigenvalue weighted by Crippen LogP contribution is 2.13. The van der Waals surface area contributed by atoms with Gasteiger partial charge in [-0.3, -0.25) is 0 Å². The molecule has 2 nitrogen and oxygen atoms in total. The molecule has 0 spiro atoms. The Labute approximate surface area is 60.6 Å². The zero-order valence-electron chi connectivity index (χ0n) is 5.75. The molecular formula is C8H10N2. The van der Waals surface area contributed by atoms with Gasteiger partial charge in [-0.15, -0.1) is 0 Å². The van der Waals surface area contributed by atoms with Gasteiger partial charge in [0.15, 0.2) is 0 Å². The summed E-state index contributed by atoms with van der Waals surface area (Å²) in [7, 11) is 0. The number of allylic oxidation sites excluding steroid dienone is 3. The minimum Gasteiger partial charge on any atom is -0.316 e. The second kappa shape index (κ2) is 3.19. The van der Waals surface area contributed by atoms with E-state index >= 15 is 0 Å². The average Bonchev–Trinajstić information content (AvgIpc) is 2.40. The summed E-state index contributed by atoms with van der Waals surface area (Å²) in [6, 6.07) is 1.66. The molecule has 2 heteroatoms. The predicted molar refractivity (Wildman–Crippen MR) is 40.0 cm³/mol. The maximum absolute atomic E-state index is 8.37. The lowest BCUT2D eigenvalue weighted by Crippen LogP contribution is -2.16. The molecule has 1 rings (SSSR count). The van der Waals surface area contributed by atoms with E-state index in [1.165, 1.54) is 5.57 Å². The van der Waals surface area contributed by atoms with Crippen molar-refractivity contribution in [3.8, 4) is 6.07 Å². The fourth-order valence-electron chi connectivity index (χ4n) is 0.958. The van der Waals surface area contributed by atoms with Crippen molar-refractivity contribution in [1.29, 1.82) is 5.26 Å². The first kappa shape index (κ1) is 7.04. The summed E-state index contributed by atoms with van der Waals surface area (Å²) in [6.07, 6.45) is 7.87. The van der Waals surface area contributed by atoms with E-state index in [0.717, 1.165) is 6.42 Å². The minimum atomic E-state index is -0.339. The molecule has 1 aliphatic rings. The Bertz CT molecular complexity index is 208. The first-order valence-corrected chi connectivity index (χ1v) is 3.33. The Morgan fingerprint density at radius 3 is 3.10 bits per heavy atom. The highest BCUT2D eigenvalue weighted by Gasteiger charge is 2.03. The van der Waals surface area contributed by atoms with Crippen LogP contribution >= 0.6 is 0 Å². The fraction of sp³-hybridized carbons (Fsp3) is 0.375. The van der Waals surface area contributed by atoms with Crippen LogP contribution in [0.25, 0.3) is 0 Å². The Morgan fingerprint density at radius 2 is 2.60 bits per heavy atom. The van der Waals surface area contributed by atoms with Crippen molar-refractivity contribution in [2.24, 2.45) is 5.73 Å². The lowest BCUT2D eigenvalue weighted by molar-refractivity contribution is 0.827. The standard InChI is InChI=1S/C8H10N2/c9-6-8(10)5-7-3-1-2-4-7/h1,3-4,8H,2,5,10H2. The molecule has 0 amide bonds. The van der Waals surface area contributed by atoms with E-state index in [0.29, 0.717) is 6.42 Å². The van der Waals surface area contributed by atoms with Gasteiger partial charge >= 0.3 is 0 Å². The number of nitrogens with zero attached hydrogens (tertiary/aromatic N) is 1. The Hall–Kier alpha value is -1.07. The molecule has 1 aliphatic carbocycles. The molecule has 0 fully saturated rings. The summed E-state index contributed by atoms with van der Waals surface area (Å²) < 4.78 is 0. The summed E-state index contributed by atoms with van der Waals surface area (Å²) in [6.45, 7) is 0. The van der Waals surface area contributed by atoms with Crippen LogP contribution < -0.4 is 5.73 Å². The van der Waals surface area contributed by atoms with Crippen LogP contribution in [0.5, 0.6) is 0 Å². The Kier molecular flexibility index (Phi) is 2.24. The number of nitriles is 1. The van der Waals surface area contributed by atoms with E-state index in [-0.39, 0.29) is 6.04 Å². The molecule has 0 bridgehead atoms. The molecule has 0 saturated heterocycles. The fourth-order valence-corrected chi connectivity index (χ4v) is 0.958. The molecule has 0 aromatic heterocycles. The summed E-state index contributed by atoms with van der Waals surface area (Å²) in [5.74, 6) is 0. The van der Waals surface area contributed by atoms with Crippen molar-refractivity contribution in [3.05, 3.63) is 23.8 Å². The van der Waals surface area contributed by atoms with Gasteiger partial charge in [-0.1, -0.05) is 18.2 Å². The number of hydrogen-bond donors (Lipinski definition) is 1. The largest absolute Gasteiger partial charge is 0.316 e. The monoisotopic (exact) mass is 134 g/mol. The SMILES string of the molecule is N#CC(N)CC1=CCC=C1. The first-order chi connectivity index (χ1) is 4.83. The van der Waals surface area contributed by atoms with Gasteiger partial charge in [0.1, 0.15) is 0 Å². The zero-order chi connectivity index (χ0) is 7.40. The van der Waals surface area contributed by atoms with Crippen molar-refractivity contribution in [2.75, 3.05) is 0 Å². The van der Waals surface area contributed by atoms with E-state index in [9.17, 15) is 0 Å². The van der Waals surface area contributed by atoms with Gasteiger partial charge in [-0.2, -0.15) is 5.26 Å². The summed E-state index contributed by atoms with van der Waals surface area (Å²) in [5.41, 5.74) is 6.61. The van der Waals surface area contributed by atoms with E-state index < -0.39 is 0 Å². The number of rotatable bonds is 2. The molecule has 10 heavy (non-hydrogen) atoms. The molecule has 52 valence electrons. The van der Waals surface area contributed by atoms with E-state index in [1.807, 2.05) is 12.1 Å². The van der Waals surface area contributed by atoms with Gasteiger partial charge in [0.2, 0.25) is 0 Å². The predicted octanol–water partition coefficient (Wildman–Crippen LogP) is 1.11. The van der Waals surface area contributed by atoms with Crippen LogP contribution in [-0.4, -0.2) is 6.04 Å². The molecule has 1 unspecified atom stereocenters. The highest BCUT2D eigenvalue weighted by molar-refractivity contribution is 5.27. The molecular weight excluding hydrogens is 124 g/mol. The second-order valence-electron chi connectivity index (χ2n) is 2.36.